The molecule has 2 N–H and O–H groups in total. The van der Waals surface area contributed by atoms with E-state index in [0.29, 0.717) is 25.9 Å². The monoisotopic (exact) mass is 442 g/mol. The van der Waals surface area contributed by atoms with Crippen LogP contribution in [0.2, 0.25) is 0 Å². The van der Waals surface area contributed by atoms with E-state index in [1.165, 1.54) is 0 Å². The Hall–Kier alpha value is -0.340. The summed E-state index contributed by atoms with van der Waals surface area (Å²) in [5, 5.41) is 0. The Labute approximate surface area is 168 Å². The Morgan fingerprint density at radius 1 is 0.500 bits per heavy atom. The minimum atomic E-state index is -3.86. The van der Waals surface area contributed by atoms with E-state index >= 15 is 0 Å². The van der Waals surface area contributed by atoms with Gasteiger partial charge in [0, 0.05) is 65.4 Å². The third kappa shape index (κ3) is 10.4. The highest BCUT2D eigenvalue weighted by atomic mass is 32.2. The minimum Gasteiger partial charge on any atom is -0.301 e. The van der Waals surface area contributed by atoms with Crippen molar-refractivity contribution < 1.29 is 25.9 Å². The van der Waals surface area contributed by atoms with E-state index in [1.807, 2.05) is 0 Å². The molecule has 0 amide bonds. The molecule has 0 aromatic carbocycles. The van der Waals surface area contributed by atoms with Gasteiger partial charge in [0.05, 0.1) is 11.5 Å². The molecule has 12 heteroatoms. The third-order valence-corrected chi connectivity index (χ3v) is 7.02. The van der Waals surface area contributed by atoms with E-state index < -0.39 is 20.2 Å². The van der Waals surface area contributed by atoms with Crippen LogP contribution in [0.25, 0.3) is 0 Å². The van der Waals surface area contributed by atoms with Crippen LogP contribution in [0.15, 0.2) is 0 Å². The summed E-state index contributed by atoms with van der Waals surface area (Å²) in [4.78, 5) is 9.34. The van der Waals surface area contributed by atoms with Crippen LogP contribution in [0.3, 0.4) is 0 Å². The lowest BCUT2D eigenvalue weighted by atomic mass is 10.2. The summed E-state index contributed by atoms with van der Waals surface area (Å²) in [6.45, 7) is 11.0. The van der Waals surface area contributed by atoms with Crippen LogP contribution in [-0.2, 0) is 20.2 Å². The molecule has 0 bridgehead atoms. The van der Waals surface area contributed by atoms with Crippen molar-refractivity contribution in [2.24, 2.45) is 0 Å². The Morgan fingerprint density at radius 3 is 1.00 bits per heavy atom. The van der Waals surface area contributed by atoms with Crippen molar-refractivity contribution in [3.8, 4) is 0 Å². The number of nitrogens with zero attached hydrogens (tertiary/aromatic N) is 4. The Bertz CT molecular complexity index is 599. The number of hydrogen-bond donors (Lipinski definition) is 2. The first kappa shape index (κ1) is 23.9. The molecule has 0 aromatic rings. The smallest absolute Gasteiger partial charge is 0.264 e. The van der Waals surface area contributed by atoms with Crippen LogP contribution in [0.5, 0.6) is 0 Å². The lowest BCUT2D eigenvalue weighted by Crippen LogP contribution is -2.51. The molecule has 2 heterocycles. The summed E-state index contributed by atoms with van der Waals surface area (Å²) in [7, 11) is -7.71. The van der Waals surface area contributed by atoms with Gasteiger partial charge in [-0.3, -0.25) is 18.9 Å². The van der Waals surface area contributed by atoms with Gasteiger partial charge in [-0.05, 0) is 25.9 Å². The van der Waals surface area contributed by atoms with Crippen molar-refractivity contribution in [1.29, 1.82) is 0 Å². The van der Waals surface area contributed by atoms with Crippen molar-refractivity contribution in [3.05, 3.63) is 0 Å². The summed E-state index contributed by atoms with van der Waals surface area (Å²) >= 11 is 0. The number of piperazine rings is 2. The number of hydrogen-bond acceptors (Lipinski definition) is 8. The molecule has 2 aliphatic rings. The first-order valence-corrected chi connectivity index (χ1v) is 13.1. The quantitative estimate of drug-likeness (QED) is 0.376. The SMILES string of the molecule is O=S(=O)(O)CCCN1CCN(CCN2CCN(CCCS(=O)(=O)O)CC2)CC1. The van der Waals surface area contributed by atoms with Crippen molar-refractivity contribution in [3.63, 3.8) is 0 Å². The summed E-state index contributed by atoms with van der Waals surface area (Å²) in [6.07, 6.45) is 0.931. The normalized spacial score (nSPS) is 21.9. The van der Waals surface area contributed by atoms with Crippen molar-refractivity contribution >= 4 is 20.2 Å². The molecular weight excluding hydrogens is 408 g/mol. The molecule has 2 fully saturated rings. The largest absolute Gasteiger partial charge is 0.301 e. The predicted octanol–water partition coefficient (Wildman–Crippen LogP) is -1.22. The van der Waals surface area contributed by atoms with Gasteiger partial charge < -0.3 is 9.80 Å². The zero-order valence-corrected chi connectivity index (χ0v) is 18.1. The molecular formula is C16H34N4O6S2. The van der Waals surface area contributed by atoms with Gasteiger partial charge >= 0.3 is 0 Å². The molecule has 2 saturated heterocycles. The van der Waals surface area contributed by atoms with Gasteiger partial charge in [0.1, 0.15) is 0 Å². The van der Waals surface area contributed by atoms with Gasteiger partial charge in [0.15, 0.2) is 0 Å². The van der Waals surface area contributed by atoms with E-state index in [1.54, 1.807) is 0 Å². The topological polar surface area (TPSA) is 122 Å². The zero-order valence-electron chi connectivity index (χ0n) is 16.4. The molecule has 0 aromatic heterocycles. The molecule has 0 unspecified atom stereocenters. The predicted molar refractivity (Wildman–Crippen MR) is 108 cm³/mol. The van der Waals surface area contributed by atoms with E-state index in [2.05, 4.69) is 19.6 Å². The fraction of sp³-hybridized carbons (Fsp3) is 1.00. The molecule has 166 valence electrons. The van der Waals surface area contributed by atoms with Crippen LogP contribution < -0.4 is 0 Å². The van der Waals surface area contributed by atoms with Crippen molar-refractivity contribution in [2.75, 3.05) is 90.0 Å². The van der Waals surface area contributed by atoms with Crippen LogP contribution >= 0.6 is 0 Å². The molecule has 0 spiro atoms. The minimum absolute atomic E-state index is 0.172. The van der Waals surface area contributed by atoms with Crippen LogP contribution in [0, 0.1) is 0 Å². The average molecular weight is 443 g/mol. The lowest BCUT2D eigenvalue weighted by molar-refractivity contribution is 0.0948. The highest BCUT2D eigenvalue weighted by Crippen LogP contribution is 2.06. The Morgan fingerprint density at radius 2 is 0.750 bits per heavy atom. The van der Waals surface area contributed by atoms with Crippen molar-refractivity contribution in [2.45, 2.75) is 12.8 Å². The van der Waals surface area contributed by atoms with E-state index in [-0.39, 0.29) is 11.5 Å². The summed E-state index contributed by atoms with van der Waals surface area (Å²) < 4.78 is 60.6. The first-order valence-electron chi connectivity index (χ1n) is 9.90. The average Bonchev–Trinajstić information content (AvgIpc) is 2.60. The van der Waals surface area contributed by atoms with Crippen LogP contribution in [0.4, 0.5) is 0 Å². The maximum absolute atomic E-state index is 10.8. The fourth-order valence-corrected chi connectivity index (χ4v) is 4.68. The first-order chi connectivity index (χ1) is 13.1. The second kappa shape index (κ2) is 11.2. The Balaban J connectivity index is 1.52. The summed E-state index contributed by atoms with van der Waals surface area (Å²) in [5.41, 5.74) is 0. The Kier molecular flexibility index (Phi) is 9.54. The molecule has 0 atom stereocenters. The molecule has 0 aliphatic carbocycles. The van der Waals surface area contributed by atoms with Crippen LogP contribution in [-0.4, -0.2) is 136 Å². The second-order valence-electron chi connectivity index (χ2n) is 7.65. The zero-order chi connectivity index (χ0) is 20.6. The molecule has 2 rings (SSSR count). The van der Waals surface area contributed by atoms with E-state index in [9.17, 15) is 16.8 Å². The number of rotatable bonds is 11. The van der Waals surface area contributed by atoms with Crippen molar-refractivity contribution in [1.82, 2.24) is 19.6 Å². The molecule has 10 nitrogen and oxygen atoms in total. The maximum atomic E-state index is 10.8. The lowest BCUT2D eigenvalue weighted by Gasteiger charge is -2.38. The van der Waals surface area contributed by atoms with Gasteiger partial charge in [-0.2, -0.15) is 16.8 Å². The molecule has 0 saturated carbocycles. The van der Waals surface area contributed by atoms with Crippen LogP contribution in [0.1, 0.15) is 12.8 Å². The summed E-state index contributed by atoms with van der Waals surface area (Å²) in [5.74, 6) is -0.343. The van der Waals surface area contributed by atoms with Gasteiger partial charge in [-0.15, -0.1) is 0 Å². The van der Waals surface area contributed by atoms with E-state index in [0.717, 1.165) is 65.4 Å². The van der Waals surface area contributed by atoms with Gasteiger partial charge in [-0.1, -0.05) is 0 Å². The molecule has 28 heavy (non-hydrogen) atoms. The highest BCUT2D eigenvalue weighted by molar-refractivity contribution is 7.86. The maximum Gasteiger partial charge on any atom is 0.264 e. The van der Waals surface area contributed by atoms with E-state index in [4.69, 9.17) is 9.11 Å². The molecule has 0 radical (unpaired) electrons. The standard InChI is InChI=1S/C16H34N4O6S2/c21-27(22,23)15-1-3-17-5-9-19(10-6-17)13-14-20-11-7-18(8-12-20)4-2-16-28(24,25)26/h1-16H2,(H,21,22,23)(H,24,25,26). The van der Waals surface area contributed by atoms with Gasteiger partial charge in [0.2, 0.25) is 0 Å². The van der Waals surface area contributed by atoms with Gasteiger partial charge in [-0.25, -0.2) is 0 Å². The third-order valence-electron chi connectivity index (χ3n) is 5.42. The highest BCUT2D eigenvalue weighted by Gasteiger charge is 2.20. The van der Waals surface area contributed by atoms with Gasteiger partial charge in [0.25, 0.3) is 20.2 Å². The fourth-order valence-electron chi connectivity index (χ4n) is 3.70. The second-order valence-corrected chi connectivity index (χ2v) is 10.8. The summed E-state index contributed by atoms with van der Waals surface area (Å²) in [6, 6.07) is 0. The molecule has 2 aliphatic heterocycles.